The maximum absolute atomic E-state index is 10.3. The van der Waals surface area contributed by atoms with E-state index in [1.165, 1.54) is 0 Å². The van der Waals surface area contributed by atoms with Crippen LogP contribution in [0.25, 0.3) is 0 Å². The standard InChI is InChI=1S/FH3O4Si.Na.H/c1-5-6(2,3)4;;/h2-4H;;. The first kappa shape index (κ1) is 10.9. The minimum atomic E-state index is -4.80. The summed E-state index contributed by atoms with van der Waals surface area (Å²) in [5, 5.41) is 0. The first-order valence-electron chi connectivity index (χ1n) is 1.03. The van der Waals surface area contributed by atoms with Gasteiger partial charge in [0.25, 0.3) is 0 Å². The summed E-state index contributed by atoms with van der Waals surface area (Å²) in [5.41, 5.74) is 0. The van der Waals surface area contributed by atoms with Crippen molar-refractivity contribution in [2.75, 3.05) is 0 Å². The topological polar surface area (TPSA) is 69.9 Å². The Bertz CT molecular complexity index is 41.4. The Hall–Kier alpha value is 0.987. The molecule has 0 spiro atoms. The average Bonchev–Trinajstić information content (AvgIpc) is 1.35. The van der Waals surface area contributed by atoms with Crippen LogP contribution in [0.5, 0.6) is 0 Å². The molecule has 0 aliphatic heterocycles. The third kappa shape index (κ3) is 10.9. The van der Waals surface area contributed by atoms with Gasteiger partial charge in [-0.05, 0) is 0 Å². The van der Waals surface area contributed by atoms with Crippen molar-refractivity contribution < 1.29 is 23.5 Å². The van der Waals surface area contributed by atoms with Crippen LogP contribution >= 0.6 is 0 Å². The summed E-state index contributed by atoms with van der Waals surface area (Å²) in [6.45, 7) is 0. The van der Waals surface area contributed by atoms with Gasteiger partial charge < -0.3 is 14.4 Å². The first-order chi connectivity index (χ1) is 2.56. The van der Waals surface area contributed by atoms with Gasteiger partial charge in [-0.25, -0.2) is 0 Å². The Morgan fingerprint density at radius 1 is 1.29 bits per heavy atom. The van der Waals surface area contributed by atoms with E-state index in [1.807, 2.05) is 0 Å². The molecule has 0 fully saturated rings. The number of rotatable bonds is 1. The molecule has 0 aromatic heterocycles. The van der Waals surface area contributed by atoms with Crippen molar-refractivity contribution in [2.24, 2.45) is 0 Å². The molecule has 0 saturated heterocycles. The summed E-state index contributed by atoms with van der Waals surface area (Å²) >= 11 is 0. The summed E-state index contributed by atoms with van der Waals surface area (Å²) in [5.74, 6) is 0. The van der Waals surface area contributed by atoms with Crippen LogP contribution in [0.15, 0.2) is 0 Å². The van der Waals surface area contributed by atoms with Gasteiger partial charge in [0.1, 0.15) is 0 Å². The molecule has 0 unspecified atom stereocenters. The van der Waals surface area contributed by atoms with E-state index < -0.39 is 9.05 Å². The molecule has 0 rings (SSSR count). The number of hydrogen-bond donors (Lipinski definition) is 3. The molecule has 0 atom stereocenters. The van der Waals surface area contributed by atoms with Crippen LogP contribution in [0, 0.1) is 0 Å². The molecule has 40 valence electrons. The summed E-state index contributed by atoms with van der Waals surface area (Å²) in [6, 6.07) is 0. The molecule has 0 aromatic carbocycles. The average molecular weight is 138 g/mol. The number of hydrogen-bond acceptors (Lipinski definition) is 4. The second-order valence-electron chi connectivity index (χ2n) is 0.651. The fourth-order valence-electron chi connectivity index (χ4n) is 0. The van der Waals surface area contributed by atoms with Crippen LogP contribution in [0.2, 0.25) is 0 Å². The Morgan fingerprint density at radius 3 is 1.43 bits per heavy atom. The van der Waals surface area contributed by atoms with E-state index in [2.05, 4.69) is 4.63 Å². The van der Waals surface area contributed by atoms with Gasteiger partial charge in [-0.15, -0.1) is 0 Å². The molecule has 4 nitrogen and oxygen atoms in total. The second kappa shape index (κ2) is 3.93. The Morgan fingerprint density at radius 2 is 1.43 bits per heavy atom. The fraction of sp³-hybridized carbons (Fsp3) is 0. The first-order valence-corrected chi connectivity index (χ1v) is 2.78. The van der Waals surface area contributed by atoms with Gasteiger partial charge in [-0.2, -0.15) is 4.63 Å². The predicted octanol–water partition coefficient (Wildman–Crippen LogP) is -2.35. The molecule has 7 heteroatoms. The summed E-state index contributed by atoms with van der Waals surface area (Å²) < 4.78 is 12.6. The molecule has 0 aromatic rings. The van der Waals surface area contributed by atoms with Crippen molar-refractivity contribution in [3.8, 4) is 0 Å². The van der Waals surface area contributed by atoms with Crippen molar-refractivity contribution in [2.45, 2.75) is 0 Å². The zero-order chi connectivity index (χ0) is 5.21. The van der Waals surface area contributed by atoms with Crippen LogP contribution in [0.3, 0.4) is 0 Å². The van der Waals surface area contributed by atoms with Crippen LogP contribution in [0.4, 0.5) is 4.53 Å². The molecule has 0 amide bonds. The van der Waals surface area contributed by atoms with Gasteiger partial charge in [-0.3, -0.25) is 0 Å². The molecule has 0 bridgehead atoms. The van der Waals surface area contributed by atoms with Gasteiger partial charge in [0.2, 0.25) is 0 Å². The third-order valence-corrected chi connectivity index (χ3v) is 0.311. The molecule has 0 saturated carbocycles. The quantitative estimate of drug-likeness (QED) is 0.355. The zero-order valence-electron chi connectivity index (χ0n) is 2.63. The van der Waals surface area contributed by atoms with E-state index in [0.29, 0.717) is 0 Å². The molecular weight excluding hydrogens is 134 g/mol. The Balaban J connectivity index is 0. The predicted molar refractivity (Wildman–Crippen MR) is 21.8 cm³/mol. The second-order valence-corrected chi connectivity index (χ2v) is 1.95. The van der Waals surface area contributed by atoms with Crippen LogP contribution < -0.4 is 0 Å². The monoisotopic (exact) mass is 138 g/mol. The minimum absolute atomic E-state index is 0. The van der Waals surface area contributed by atoms with E-state index in [4.69, 9.17) is 14.4 Å². The van der Waals surface area contributed by atoms with E-state index >= 15 is 0 Å². The summed E-state index contributed by atoms with van der Waals surface area (Å²) in [4.78, 5) is 22.4. The van der Waals surface area contributed by atoms with Crippen LogP contribution in [0.1, 0.15) is 0 Å². The van der Waals surface area contributed by atoms with Gasteiger partial charge in [-0.1, -0.05) is 4.53 Å². The number of halogens is 1. The molecular formula is H4FNaO4Si. The van der Waals surface area contributed by atoms with Gasteiger partial charge in [0.05, 0.1) is 0 Å². The molecule has 0 aliphatic rings. The van der Waals surface area contributed by atoms with Crippen molar-refractivity contribution in [1.82, 2.24) is 0 Å². The van der Waals surface area contributed by atoms with E-state index in [1.54, 1.807) is 0 Å². The van der Waals surface area contributed by atoms with E-state index in [-0.39, 0.29) is 29.6 Å². The molecule has 3 N–H and O–H groups in total. The summed E-state index contributed by atoms with van der Waals surface area (Å²) in [6.07, 6.45) is 0. The van der Waals surface area contributed by atoms with Crippen molar-refractivity contribution >= 4 is 38.6 Å². The van der Waals surface area contributed by atoms with Crippen molar-refractivity contribution in [1.29, 1.82) is 0 Å². The van der Waals surface area contributed by atoms with Crippen LogP contribution in [-0.4, -0.2) is 53.0 Å². The van der Waals surface area contributed by atoms with Crippen LogP contribution in [-0.2, 0) is 4.63 Å². The molecule has 7 heavy (non-hydrogen) atoms. The maximum atomic E-state index is 10.3. The SMILES string of the molecule is O[Si](O)(O)OF.[NaH]. The van der Waals surface area contributed by atoms with Crippen molar-refractivity contribution in [3.05, 3.63) is 0 Å². The van der Waals surface area contributed by atoms with E-state index in [0.717, 1.165) is 0 Å². The van der Waals surface area contributed by atoms with Gasteiger partial charge in [0.15, 0.2) is 0 Å². The Kier molecular flexibility index (Phi) is 6.10. The zero-order valence-corrected chi connectivity index (χ0v) is 3.63. The summed E-state index contributed by atoms with van der Waals surface area (Å²) in [7, 11) is -4.80. The third-order valence-electron chi connectivity index (χ3n) is 0.104. The molecule has 0 heterocycles. The molecule has 0 aliphatic carbocycles. The van der Waals surface area contributed by atoms with E-state index in [9.17, 15) is 4.53 Å². The Labute approximate surface area is 62.2 Å². The normalized spacial score (nSPS) is 10.3. The van der Waals surface area contributed by atoms with Gasteiger partial charge in [0, 0.05) is 0 Å². The fourth-order valence-corrected chi connectivity index (χ4v) is 0. The molecule has 0 radical (unpaired) electrons. The van der Waals surface area contributed by atoms with Gasteiger partial charge >= 0.3 is 38.6 Å². The van der Waals surface area contributed by atoms with Crippen molar-refractivity contribution in [3.63, 3.8) is 0 Å².